The molecular formula is C13H22N4O2S. The molecule has 0 bridgehead atoms. The van der Waals surface area contributed by atoms with Gasteiger partial charge in [-0.15, -0.1) is 0 Å². The van der Waals surface area contributed by atoms with Gasteiger partial charge in [0, 0.05) is 25.3 Å². The zero-order valence-corrected chi connectivity index (χ0v) is 12.7. The van der Waals surface area contributed by atoms with Crippen LogP contribution in [0.15, 0.2) is 35.3 Å². The molecule has 0 atom stereocenters. The van der Waals surface area contributed by atoms with Crippen molar-refractivity contribution in [2.75, 3.05) is 31.2 Å². The van der Waals surface area contributed by atoms with Gasteiger partial charge in [0.15, 0.2) is 5.96 Å². The highest BCUT2D eigenvalue weighted by Crippen LogP contribution is 2.04. The van der Waals surface area contributed by atoms with Crippen molar-refractivity contribution < 1.29 is 8.42 Å². The standard InChI is InChI=1S/C13H22N4O2S/c1-3-17(20(2,18)19)11-7-10-15-13(14)16-12-8-5-4-6-9-12/h4-6,8-9H,3,7,10-11H2,1-2H3,(H3,14,15,16). The molecule has 0 spiro atoms. The second kappa shape index (κ2) is 7.86. The third-order valence-corrected chi connectivity index (χ3v) is 4.09. The van der Waals surface area contributed by atoms with Crippen molar-refractivity contribution in [2.45, 2.75) is 13.3 Å². The fraction of sp³-hybridized carbons (Fsp3) is 0.462. The van der Waals surface area contributed by atoms with E-state index in [-0.39, 0.29) is 0 Å². The van der Waals surface area contributed by atoms with Crippen LogP contribution in [0.3, 0.4) is 0 Å². The van der Waals surface area contributed by atoms with E-state index < -0.39 is 10.0 Å². The second-order valence-corrected chi connectivity index (χ2v) is 6.35. The summed E-state index contributed by atoms with van der Waals surface area (Å²) in [6, 6.07) is 9.51. The monoisotopic (exact) mass is 298 g/mol. The number of nitrogens with two attached hydrogens (primary N) is 1. The van der Waals surface area contributed by atoms with Crippen LogP contribution in [0.4, 0.5) is 5.69 Å². The Morgan fingerprint density at radius 3 is 2.55 bits per heavy atom. The van der Waals surface area contributed by atoms with E-state index in [1.807, 2.05) is 37.3 Å². The number of para-hydroxylation sites is 1. The van der Waals surface area contributed by atoms with Crippen LogP contribution in [0, 0.1) is 0 Å². The van der Waals surface area contributed by atoms with Crippen molar-refractivity contribution in [3.05, 3.63) is 30.3 Å². The number of nitrogens with zero attached hydrogens (tertiary/aromatic N) is 2. The van der Waals surface area contributed by atoms with Gasteiger partial charge in [-0.1, -0.05) is 25.1 Å². The van der Waals surface area contributed by atoms with Gasteiger partial charge in [0.05, 0.1) is 6.26 Å². The molecule has 0 amide bonds. The molecule has 0 aromatic heterocycles. The summed E-state index contributed by atoms with van der Waals surface area (Å²) in [6.07, 6.45) is 1.85. The number of hydrogen-bond donors (Lipinski definition) is 2. The average Bonchev–Trinajstić information content (AvgIpc) is 2.38. The van der Waals surface area contributed by atoms with E-state index in [2.05, 4.69) is 10.3 Å². The minimum atomic E-state index is -3.13. The molecule has 20 heavy (non-hydrogen) atoms. The zero-order valence-electron chi connectivity index (χ0n) is 11.9. The van der Waals surface area contributed by atoms with E-state index in [4.69, 9.17) is 5.73 Å². The Morgan fingerprint density at radius 1 is 1.35 bits per heavy atom. The fourth-order valence-electron chi connectivity index (χ4n) is 1.71. The van der Waals surface area contributed by atoms with Gasteiger partial charge in [0.25, 0.3) is 0 Å². The average molecular weight is 298 g/mol. The Morgan fingerprint density at radius 2 is 2.00 bits per heavy atom. The molecule has 1 rings (SSSR count). The lowest BCUT2D eigenvalue weighted by Crippen LogP contribution is -2.31. The van der Waals surface area contributed by atoms with Crippen LogP contribution in [0.5, 0.6) is 0 Å². The van der Waals surface area contributed by atoms with Crippen molar-refractivity contribution in [3.63, 3.8) is 0 Å². The first-order valence-electron chi connectivity index (χ1n) is 6.50. The largest absolute Gasteiger partial charge is 0.370 e. The molecule has 0 aliphatic carbocycles. The lowest BCUT2D eigenvalue weighted by Gasteiger charge is -2.16. The highest BCUT2D eigenvalue weighted by molar-refractivity contribution is 7.88. The highest BCUT2D eigenvalue weighted by atomic mass is 32.2. The van der Waals surface area contributed by atoms with Gasteiger partial charge in [-0.25, -0.2) is 12.7 Å². The topological polar surface area (TPSA) is 87.8 Å². The molecule has 1 aromatic carbocycles. The quantitative estimate of drug-likeness (QED) is 0.448. The number of benzene rings is 1. The van der Waals surface area contributed by atoms with E-state index in [0.717, 1.165) is 5.69 Å². The van der Waals surface area contributed by atoms with Crippen LogP contribution in [-0.4, -0.2) is 44.6 Å². The van der Waals surface area contributed by atoms with Crippen molar-refractivity contribution >= 4 is 21.7 Å². The van der Waals surface area contributed by atoms with Gasteiger partial charge in [0.1, 0.15) is 0 Å². The Bertz CT molecular complexity index is 529. The number of hydrogen-bond acceptors (Lipinski definition) is 3. The van der Waals surface area contributed by atoms with E-state index in [9.17, 15) is 8.42 Å². The predicted octanol–water partition coefficient (Wildman–Crippen LogP) is 1.08. The van der Waals surface area contributed by atoms with Crippen LogP contribution in [-0.2, 0) is 10.0 Å². The van der Waals surface area contributed by atoms with Gasteiger partial charge in [-0.05, 0) is 18.6 Å². The first-order valence-corrected chi connectivity index (χ1v) is 8.35. The molecule has 0 heterocycles. The summed E-state index contributed by atoms with van der Waals surface area (Å²) in [4.78, 5) is 4.17. The SMILES string of the molecule is CCN(CCCN=C(N)Nc1ccccc1)S(C)(=O)=O. The molecular weight excluding hydrogens is 276 g/mol. The molecule has 0 radical (unpaired) electrons. The van der Waals surface area contributed by atoms with E-state index >= 15 is 0 Å². The van der Waals surface area contributed by atoms with E-state index in [0.29, 0.717) is 32.0 Å². The third kappa shape index (κ3) is 6.03. The van der Waals surface area contributed by atoms with Crippen molar-refractivity contribution in [1.29, 1.82) is 0 Å². The first-order chi connectivity index (χ1) is 9.43. The molecule has 0 aliphatic rings. The van der Waals surface area contributed by atoms with Crippen LogP contribution in [0.25, 0.3) is 0 Å². The minimum Gasteiger partial charge on any atom is -0.370 e. The Hall–Kier alpha value is -1.60. The molecule has 0 aliphatic heterocycles. The molecule has 0 saturated heterocycles. The van der Waals surface area contributed by atoms with Crippen LogP contribution in [0.2, 0.25) is 0 Å². The molecule has 3 N–H and O–H groups in total. The summed E-state index contributed by atoms with van der Waals surface area (Å²) >= 11 is 0. The predicted molar refractivity (Wildman–Crippen MR) is 83.3 cm³/mol. The number of aliphatic imine (C=N–C) groups is 1. The highest BCUT2D eigenvalue weighted by Gasteiger charge is 2.12. The number of guanidine groups is 1. The molecule has 0 fully saturated rings. The van der Waals surface area contributed by atoms with Gasteiger partial charge < -0.3 is 11.1 Å². The summed E-state index contributed by atoms with van der Waals surface area (Å²) in [6.45, 7) is 3.23. The van der Waals surface area contributed by atoms with Gasteiger partial charge in [0.2, 0.25) is 10.0 Å². The van der Waals surface area contributed by atoms with Crippen molar-refractivity contribution in [3.8, 4) is 0 Å². The number of sulfonamides is 1. The maximum Gasteiger partial charge on any atom is 0.211 e. The summed E-state index contributed by atoms with van der Waals surface area (Å²) < 4.78 is 24.2. The van der Waals surface area contributed by atoms with E-state index in [1.54, 1.807) is 0 Å². The Kier molecular flexibility index (Phi) is 6.47. The van der Waals surface area contributed by atoms with Gasteiger partial charge in [-0.3, -0.25) is 4.99 Å². The normalized spacial score (nSPS) is 12.7. The molecule has 6 nitrogen and oxygen atoms in total. The molecule has 0 saturated carbocycles. The smallest absolute Gasteiger partial charge is 0.211 e. The lowest BCUT2D eigenvalue weighted by atomic mass is 10.3. The van der Waals surface area contributed by atoms with Gasteiger partial charge >= 0.3 is 0 Å². The van der Waals surface area contributed by atoms with Crippen molar-refractivity contribution in [2.24, 2.45) is 10.7 Å². The molecule has 0 unspecified atom stereocenters. The number of nitrogens with one attached hydrogen (secondary N) is 1. The number of anilines is 1. The molecule has 7 heteroatoms. The van der Waals surface area contributed by atoms with Crippen LogP contribution in [0.1, 0.15) is 13.3 Å². The minimum absolute atomic E-state index is 0.332. The second-order valence-electron chi connectivity index (χ2n) is 4.37. The fourth-order valence-corrected chi connectivity index (χ4v) is 2.64. The van der Waals surface area contributed by atoms with Crippen LogP contribution < -0.4 is 11.1 Å². The first kappa shape index (κ1) is 16.5. The van der Waals surface area contributed by atoms with Gasteiger partial charge in [-0.2, -0.15) is 0 Å². The third-order valence-electron chi connectivity index (χ3n) is 2.72. The van der Waals surface area contributed by atoms with E-state index in [1.165, 1.54) is 10.6 Å². The summed E-state index contributed by atoms with van der Waals surface area (Å²) in [5, 5.41) is 2.97. The summed E-state index contributed by atoms with van der Waals surface area (Å²) in [7, 11) is -3.13. The summed E-state index contributed by atoms with van der Waals surface area (Å²) in [5.74, 6) is 0.332. The van der Waals surface area contributed by atoms with Crippen molar-refractivity contribution in [1.82, 2.24) is 4.31 Å². The molecule has 112 valence electrons. The van der Waals surface area contributed by atoms with Crippen LogP contribution >= 0.6 is 0 Å². The Labute approximate surface area is 120 Å². The molecule has 1 aromatic rings. The maximum absolute atomic E-state index is 11.4. The summed E-state index contributed by atoms with van der Waals surface area (Å²) in [5.41, 5.74) is 6.62. The lowest BCUT2D eigenvalue weighted by molar-refractivity contribution is 0.427. The Balaban J connectivity index is 2.37. The number of rotatable bonds is 7. The maximum atomic E-state index is 11.4. The zero-order chi connectivity index (χ0) is 15.0.